The fraction of sp³-hybridized carbons (Fsp3) is 0.375. The van der Waals surface area contributed by atoms with E-state index in [2.05, 4.69) is 6.58 Å². The Hall–Kier alpha value is -2.10. The maximum atomic E-state index is 12.8. The van der Waals surface area contributed by atoms with Crippen molar-refractivity contribution in [2.75, 3.05) is 7.11 Å². The number of methoxy groups -OCH3 is 1. The van der Waals surface area contributed by atoms with E-state index in [-0.39, 0.29) is 5.78 Å². The van der Waals surface area contributed by atoms with Crippen LogP contribution in [0.3, 0.4) is 0 Å². The number of benzene rings is 1. The summed E-state index contributed by atoms with van der Waals surface area (Å²) in [7, 11) is 1.25. The highest BCUT2D eigenvalue weighted by Gasteiger charge is 2.63. The number of aryl methyl sites for hydroxylation is 1. The van der Waals surface area contributed by atoms with Crippen LogP contribution >= 0.6 is 0 Å². The van der Waals surface area contributed by atoms with Crippen molar-refractivity contribution < 1.29 is 19.1 Å². The molecular formula is C16H18O4. The summed E-state index contributed by atoms with van der Waals surface area (Å²) in [5.74, 6) is -0.645. The number of para-hydroxylation sites is 1. The average Bonchev–Trinajstić information content (AvgIpc) is 2.75. The first-order valence-corrected chi connectivity index (χ1v) is 6.37. The molecule has 1 aliphatic rings. The normalized spacial score (nSPS) is 21.1. The molecule has 106 valence electrons. The van der Waals surface area contributed by atoms with Crippen LogP contribution in [0, 0.1) is 12.3 Å². The average molecular weight is 274 g/mol. The zero-order chi connectivity index (χ0) is 15.1. The molecule has 0 saturated heterocycles. The number of rotatable bonds is 3. The van der Waals surface area contributed by atoms with Crippen LogP contribution in [0.1, 0.15) is 29.8 Å². The monoisotopic (exact) mass is 274 g/mol. The first kappa shape index (κ1) is 14.3. The molecule has 20 heavy (non-hydrogen) atoms. The van der Waals surface area contributed by atoms with Gasteiger partial charge in [-0.2, -0.15) is 0 Å². The molecule has 1 heterocycles. The minimum Gasteiger partial charge on any atom is -0.466 e. The van der Waals surface area contributed by atoms with E-state index in [0.717, 1.165) is 5.56 Å². The molecule has 0 saturated carbocycles. The van der Waals surface area contributed by atoms with E-state index in [4.69, 9.17) is 9.47 Å². The van der Waals surface area contributed by atoms with Crippen molar-refractivity contribution in [3.8, 4) is 5.75 Å². The lowest BCUT2D eigenvalue weighted by Crippen LogP contribution is -2.58. The number of hydrogen-bond donors (Lipinski definition) is 0. The summed E-state index contributed by atoms with van der Waals surface area (Å²) in [6, 6.07) is 5.26. The van der Waals surface area contributed by atoms with Crippen molar-refractivity contribution in [3.05, 3.63) is 42.0 Å². The predicted molar refractivity (Wildman–Crippen MR) is 74.9 cm³/mol. The van der Waals surface area contributed by atoms with E-state index in [9.17, 15) is 9.59 Å². The van der Waals surface area contributed by atoms with Crippen molar-refractivity contribution in [2.24, 2.45) is 5.41 Å². The van der Waals surface area contributed by atoms with E-state index in [0.29, 0.717) is 11.3 Å². The number of Topliss-reactive ketones (excluding diaryl/α,β-unsaturated/α-hetero) is 1. The van der Waals surface area contributed by atoms with Gasteiger partial charge in [0.2, 0.25) is 5.78 Å². The molecule has 2 rings (SSSR count). The van der Waals surface area contributed by atoms with Crippen LogP contribution in [0.25, 0.3) is 0 Å². The van der Waals surface area contributed by atoms with Crippen LogP contribution in [0.5, 0.6) is 5.75 Å². The van der Waals surface area contributed by atoms with Crippen molar-refractivity contribution in [2.45, 2.75) is 26.4 Å². The highest BCUT2D eigenvalue weighted by molar-refractivity contribution is 6.20. The Bertz CT molecular complexity index is 600. The zero-order valence-electron chi connectivity index (χ0n) is 12.1. The number of fused-ring (bicyclic) bond motifs is 1. The highest BCUT2D eigenvalue weighted by atomic mass is 16.6. The SMILES string of the molecule is C=CC(C)(C)C1(C(=O)OC)Oc2c(C)cccc2C1=O. The molecule has 0 bridgehead atoms. The third kappa shape index (κ3) is 1.60. The smallest absolute Gasteiger partial charge is 0.359 e. The number of hydrogen-bond acceptors (Lipinski definition) is 4. The lowest BCUT2D eigenvalue weighted by Gasteiger charge is -2.36. The van der Waals surface area contributed by atoms with Gasteiger partial charge in [0.25, 0.3) is 5.60 Å². The largest absolute Gasteiger partial charge is 0.466 e. The summed E-state index contributed by atoms with van der Waals surface area (Å²) in [4.78, 5) is 25.1. The van der Waals surface area contributed by atoms with Gasteiger partial charge in [0, 0.05) is 5.41 Å². The summed E-state index contributed by atoms with van der Waals surface area (Å²) < 4.78 is 10.7. The summed E-state index contributed by atoms with van der Waals surface area (Å²) in [5, 5.41) is 0. The second-order valence-corrected chi connectivity index (χ2v) is 5.48. The van der Waals surface area contributed by atoms with Crippen LogP contribution in [0.15, 0.2) is 30.9 Å². The maximum Gasteiger partial charge on any atom is 0.359 e. The molecule has 1 atom stereocenters. The Kier molecular flexibility index (Phi) is 3.20. The van der Waals surface area contributed by atoms with E-state index in [1.165, 1.54) is 7.11 Å². The first-order chi connectivity index (χ1) is 9.31. The van der Waals surface area contributed by atoms with Crippen molar-refractivity contribution in [3.63, 3.8) is 0 Å². The second kappa shape index (κ2) is 4.47. The first-order valence-electron chi connectivity index (χ1n) is 6.37. The van der Waals surface area contributed by atoms with Crippen LogP contribution in [0.2, 0.25) is 0 Å². The van der Waals surface area contributed by atoms with Gasteiger partial charge < -0.3 is 9.47 Å². The number of ketones is 1. The lowest BCUT2D eigenvalue weighted by molar-refractivity contribution is -0.160. The van der Waals surface area contributed by atoms with Crippen LogP contribution in [0.4, 0.5) is 0 Å². The summed E-state index contributed by atoms with van der Waals surface area (Å²) in [6.45, 7) is 9.02. The summed E-state index contributed by atoms with van der Waals surface area (Å²) in [5.41, 5.74) is -1.40. The standard InChI is InChI=1S/C16H18O4/c1-6-15(3,4)16(14(18)19-5)13(17)11-9-7-8-10(2)12(11)20-16/h6-9H,1H2,2-5H3. The second-order valence-electron chi connectivity index (χ2n) is 5.48. The molecule has 1 unspecified atom stereocenters. The molecule has 0 aliphatic carbocycles. The van der Waals surface area contributed by atoms with Gasteiger partial charge in [-0.15, -0.1) is 6.58 Å². The van der Waals surface area contributed by atoms with E-state index >= 15 is 0 Å². The van der Waals surface area contributed by atoms with E-state index in [1.807, 2.05) is 13.0 Å². The predicted octanol–water partition coefficient (Wildman–Crippen LogP) is 2.69. The lowest BCUT2D eigenvalue weighted by atomic mass is 9.71. The topological polar surface area (TPSA) is 52.6 Å². The quantitative estimate of drug-likeness (QED) is 0.483. The van der Waals surface area contributed by atoms with E-state index in [1.54, 1.807) is 32.1 Å². The van der Waals surface area contributed by atoms with Gasteiger partial charge in [0.15, 0.2) is 0 Å². The van der Waals surface area contributed by atoms with Crippen molar-refractivity contribution >= 4 is 11.8 Å². The van der Waals surface area contributed by atoms with Gasteiger partial charge in [0.05, 0.1) is 12.7 Å². The minimum atomic E-state index is -1.71. The van der Waals surface area contributed by atoms with Gasteiger partial charge in [-0.1, -0.05) is 32.1 Å². The van der Waals surface area contributed by atoms with Gasteiger partial charge in [-0.05, 0) is 18.6 Å². The molecule has 4 heteroatoms. The molecular weight excluding hydrogens is 256 g/mol. The van der Waals surface area contributed by atoms with Gasteiger partial charge in [-0.3, -0.25) is 4.79 Å². The Morgan fingerprint density at radius 1 is 1.45 bits per heavy atom. The van der Waals surface area contributed by atoms with Crippen LogP contribution in [-0.4, -0.2) is 24.5 Å². The number of carbonyl (C=O) groups is 2. The Labute approximate surface area is 118 Å². The number of esters is 1. The maximum absolute atomic E-state index is 12.8. The molecule has 1 aromatic rings. The molecule has 4 nitrogen and oxygen atoms in total. The fourth-order valence-electron chi connectivity index (χ4n) is 2.46. The van der Waals surface area contributed by atoms with E-state index < -0.39 is 17.0 Å². The van der Waals surface area contributed by atoms with Gasteiger partial charge in [-0.25, -0.2) is 4.79 Å². The van der Waals surface area contributed by atoms with Gasteiger partial charge >= 0.3 is 5.97 Å². The summed E-state index contributed by atoms with van der Waals surface area (Å²) in [6.07, 6.45) is 1.54. The minimum absolute atomic E-state index is 0.382. The molecule has 0 amide bonds. The van der Waals surface area contributed by atoms with Crippen LogP contribution in [-0.2, 0) is 9.53 Å². The molecule has 0 aromatic heterocycles. The molecule has 0 spiro atoms. The zero-order valence-corrected chi connectivity index (χ0v) is 12.1. The third-order valence-electron chi connectivity index (χ3n) is 3.92. The molecule has 1 aliphatic heterocycles. The van der Waals surface area contributed by atoms with Crippen molar-refractivity contribution in [1.82, 2.24) is 0 Å². The number of ether oxygens (including phenoxy) is 2. The van der Waals surface area contributed by atoms with Crippen molar-refractivity contribution in [1.29, 1.82) is 0 Å². The van der Waals surface area contributed by atoms with Gasteiger partial charge in [0.1, 0.15) is 5.75 Å². The Morgan fingerprint density at radius 2 is 2.10 bits per heavy atom. The Morgan fingerprint density at radius 3 is 2.60 bits per heavy atom. The molecule has 0 radical (unpaired) electrons. The molecule has 1 aromatic carbocycles. The number of carbonyl (C=O) groups excluding carboxylic acids is 2. The molecule has 0 N–H and O–H groups in total. The Balaban J connectivity index is 2.70. The molecule has 0 fully saturated rings. The summed E-state index contributed by atoms with van der Waals surface area (Å²) >= 11 is 0. The third-order valence-corrected chi connectivity index (χ3v) is 3.92. The highest BCUT2D eigenvalue weighted by Crippen LogP contribution is 2.47. The van der Waals surface area contributed by atoms with Crippen LogP contribution < -0.4 is 4.74 Å². The fourth-order valence-corrected chi connectivity index (χ4v) is 2.46.